The van der Waals surface area contributed by atoms with Crippen LogP contribution in [-0.2, 0) is 19.6 Å². The Hall–Kier alpha value is -2.28. The predicted molar refractivity (Wildman–Crippen MR) is 93.4 cm³/mol. The maximum atomic E-state index is 14.1. The quantitative estimate of drug-likeness (QED) is 0.715. The van der Waals surface area contributed by atoms with Crippen LogP contribution in [0.2, 0.25) is 0 Å². The van der Waals surface area contributed by atoms with E-state index in [0.29, 0.717) is 11.4 Å². The minimum absolute atomic E-state index is 0.242. The highest BCUT2D eigenvalue weighted by molar-refractivity contribution is 5.76. The maximum Gasteiger partial charge on any atom is 0.151 e. The number of imidazole rings is 1. The van der Waals surface area contributed by atoms with Crippen molar-refractivity contribution in [3.63, 3.8) is 0 Å². The number of aromatic nitrogens is 5. The van der Waals surface area contributed by atoms with Crippen molar-refractivity contribution in [2.45, 2.75) is 39.4 Å². The summed E-state index contributed by atoms with van der Waals surface area (Å²) in [7, 11) is 0. The minimum atomic E-state index is -0.242. The van der Waals surface area contributed by atoms with E-state index in [4.69, 9.17) is 0 Å². The zero-order chi connectivity index (χ0) is 17.2. The molecule has 3 heterocycles. The standard InChI is InChI=1S/C18H23FN6/c1-2-25-16-7-3-6-15(19)18(16)22-17(25)11-23-8-4-5-14(9-23)10-24-13-20-12-21-24/h3,6-7,12-14H,2,4-5,8-11H2,1H3. The summed E-state index contributed by atoms with van der Waals surface area (Å²) in [6.45, 7) is 6.61. The molecule has 2 aromatic heterocycles. The third kappa shape index (κ3) is 3.28. The summed E-state index contributed by atoms with van der Waals surface area (Å²) < 4.78 is 18.1. The lowest BCUT2D eigenvalue weighted by atomic mass is 9.98. The molecule has 1 fully saturated rings. The second kappa shape index (κ2) is 6.92. The fraction of sp³-hybridized carbons (Fsp3) is 0.500. The molecule has 0 spiro atoms. The van der Waals surface area contributed by atoms with Crippen molar-refractivity contribution in [2.24, 2.45) is 5.92 Å². The Morgan fingerprint density at radius 1 is 1.32 bits per heavy atom. The number of aryl methyl sites for hydroxylation is 1. The fourth-order valence-electron chi connectivity index (χ4n) is 3.87. The van der Waals surface area contributed by atoms with E-state index in [1.54, 1.807) is 18.7 Å². The van der Waals surface area contributed by atoms with Crippen molar-refractivity contribution >= 4 is 11.0 Å². The summed E-state index contributed by atoms with van der Waals surface area (Å²) in [5.74, 6) is 1.27. The van der Waals surface area contributed by atoms with Gasteiger partial charge in [-0.3, -0.25) is 9.58 Å². The molecule has 7 heteroatoms. The highest BCUT2D eigenvalue weighted by Crippen LogP contribution is 2.23. The molecule has 0 bridgehead atoms. The second-order valence-electron chi connectivity index (χ2n) is 6.74. The van der Waals surface area contributed by atoms with Crippen molar-refractivity contribution in [3.05, 3.63) is 42.5 Å². The summed E-state index contributed by atoms with van der Waals surface area (Å²) in [6, 6.07) is 5.18. The number of rotatable bonds is 5. The number of piperidine rings is 1. The Morgan fingerprint density at radius 3 is 3.04 bits per heavy atom. The van der Waals surface area contributed by atoms with Crippen LogP contribution in [0.3, 0.4) is 0 Å². The molecule has 25 heavy (non-hydrogen) atoms. The third-order valence-corrected chi connectivity index (χ3v) is 5.00. The molecule has 1 aliphatic rings. The van der Waals surface area contributed by atoms with Crippen LogP contribution in [0.15, 0.2) is 30.9 Å². The van der Waals surface area contributed by atoms with Gasteiger partial charge < -0.3 is 4.57 Å². The van der Waals surface area contributed by atoms with E-state index >= 15 is 0 Å². The van der Waals surface area contributed by atoms with Crippen molar-refractivity contribution in [1.29, 1.82) is 0 Å². The molecule has 1 aromatic carbocycles. The number of hydrogen-bond acceptors (Lipinski definition) is 4. The van der Waals surface area contributed by atoms with Crippen LogP contribution in [0.4, 0.5) is 4.39 Å². The molecule has 0 radical (unpaired) electrons. The zero-order valence-electron chi connectivity index (χ0n) is 14.5. The topological polar surface area (TPSA) is 51.8 Å². The van der Waals surface area contributed by atoms with Gasteiger partial charge in [0, 0.05) is 19.6 Å². The number of halogens is 1. The van der Waals surface area contributed by atoms with Crippen molar-refractivity contribution in [3.8, 4) is 0 Å². The summed E-state index contributed by atoms with van der Waals surface area (Å²) in [5, 5.41) is 4.21. The Labute approximate surface area is 146 Å². The van der Waals surface area contributed by atoms with Crippen LogP contribution >= 0.6 is 0 Å². The molecule has 0 aliphatic carbocycles. The van der Waals surface area contributed by atoms with Crippen LogP contribution in [0, 0.1) is 11.7 Å². The van der Waals surface area contributed by atoms with Gasteiger partial charge in [0.2, 0.25) is 0 Å². The molecule has 1 saturated heterocycles. The number of benzene rings is 1. The van der Waals surface area contributed by atoms with Gasteiger partial charge in [0.25, 0.3) is 0 Å². The number of nitrogens with zero attached hydrogens (tertiary/aromatic N) is 6. The fourth-order valence-corrected chi connectivity index (χ4v) is 3.87. The molecule has 4 rings (SSSR count). The Morgan fingerprint density at radius 2 is 2.24 bits per heavy atom. The first-order valence-electron chi connectivity index (χ1n) is 8.93. The van der Waals surface area contributed by atoms with Gasteiger partial charge in [0.05, 0.1) is 12.1 Å². The number of hydrogen-bond donors (Lipinski definition) is 0. The number of fused-ring (bicyclic) bond motifs is 1. The molecule has 0 saturated carbocycles. The minimum Gasteiger partial charge on any atom is -0.327 e. The highest BCUT2D eigenvalue weighted by atomic mass is 19.1. The first kappa shape index (κ1) is 16.2. The van der Waals surface area contributed by atoms with Gasteiger partial charge in [-0.05, 0) is 44.4 Å². The van der Waals surface area contributed by atoms with Gasteiger partial charge in [-0.2, -0.15) is 5.10 Å². The first-order valence-corrected chi connectivity index (χ1v) is 8.93. The summed E-state index contributed by atoms with van der Waals surface area (Å²) in [4.78, 5) is 11.0. The first-order chi connectivity index (χ1) is 12.2. The molecule has 1 unspecified atom stereocenters. The van der Waals surface area contributed by atoms with Gasteiger partial charge in [0.15, 0.2) is 5.82 Å². The Bertz CT molecular complexity index is 841. The molecule has 1 aliphatic heterocycles. The van der Waals surface area contributed by atoms with Gasteiger partial charge in [-0.15, -0.1) is 0 Å². The van der Waals surface area contributed by atoms with Crippen LogP contribution in [0.5, 0.6) is 0 Å². The van der Waals surface area contributed by atoms with E-state index < -0.39 is 0 Å². The lowest BCUT2D eigenvalue weighted by molar-refractivity contribution is 0.149. The molecular formula is C18H23FN6. The smallest absolute Gasteiger partial charge is 0.151 e. The van der Waals surface area contributed by atoms with Crippen LogP contribution in [0.1, 0.15) is 25.6 Å². The van der Waals surface area contributed by atoms with Gasteiger partial charge in [-0.1, -0.05) is 6.07 Å². The maximum absolute atomic E-state index is 14.1. The number of para-hydroxylation sites is 1. The number of likely N-dealkylation sites (tertiary alicyclic amines) is 1. The largest absolute Gasteiger partial charge is 0.327 e. The van der Waals surface area contributed by atoms with E-state index in [1.165, 1.54) is 18.9 Å². The van der Waals surface area contributed by atoms with Crippen molar-refractivity contribution in [1.82, 2.24) is 29.2 Å². The molecule has 132 valence electrons. The average molecular weight is 342 g/mol. The second-order valence-corrected chi connectivity index (χ2v) is 6.74. The van der Waals surface area contributed by atoms with E-state index in [-0.39, 0.29) is 5.82 Å². The van der Waals surface area contributed by atoms with E-state index in [0.717, 1.165) is 44.1 Å². The predicted octanol–water partition coefficient (Wildman–Crippen LogP) is 2.70. The summed E-state index contributed by atoms with van der Waals surface area (Å²) >= 11 is 0. The van der Waals surface area contributed by atoms with E-state index in [9.17, 15) is 4.39 Å². The monoisotopic (exact) mass is 342 g/mol. The third-order valence-electron chi connectivity index (χ3n) is 5.00. The molecule has 6 nitrogen and oxygen atoms in total. The summed E-state index contributed by atoms with van der Waals surface area (Å²) in [5.41, 5.74) is 1.36. The van der Waals surface area contributed by atoms with Crippen molar-refractivity contribution in [2.75, 3.05) is 13.1 Å². The zero-order valence-corrected chi connectivity index (χ0v) is 14.5. The highest BCUT2D eigenvalue weighted by Gasteiger charge is 2.23. The van der Waals surface area contributed by atoms with Gasteiger partial charge in [0.1, 0.15) is 24.0 Å². The molecule has 1 atom stereocenters. The van der Waals surface area contributed by atoms with E-state index in [2.05, 4.69) is 31.5 Å². The molecule has 0 N–H and O–H groups in total. The van der Waals surface area contributed by atoms with Gasteiger partial charge in [-0.25, -0.2) is 14.4 Å². The molecule has 0 amide bonds. The SMILES string of the molecule is CCn1c(CN2CCCC(Cn3cncn3)C2)nc2c(F)cccc21. The van der Waals surface area contributed by atoms with E-state index in [1.807, 2.05) is 10.7 Å². The Balaban J connectivity index is 1.51. The normalized spacial score (nSPS) is 18.9. The average Bonchev–Trinajstić information content (AvgIpc) is 3.23. The lowest BCUT2D eigenvalue weighted by Gasteiger charge is -2.32. The van der Waals surface area contributed by atoms with Crippen LogP contribution in [0.25, 0.3) is 11.0 Å². The van der Waals surface area contributed by atoms with Crippen molar-refractivity contribution < 1.29 is 4.39 Å². The Kier molecular flexibility index (Phi) is 4.48. The summed E-state index contributed by atoms with van der Waals surface area (Å²) in [6.07, 6.45) is 5.73. The lowest BCUT2D eigenvalue weighted by Crippen LogP contribution is -2.37. The van der Waals surface area contributed by atoms with Crippen LogP contribution in [-0.4, -0.2) is 42.3 Å². The molecular weight excluding hydrogens is 319 g/mol. The van der Waals surface area contributed by atoms with Gasteiger partial charge >= 0.3 is 0 Å². The van der Waals surface area contributed by atoms with Crippen LogP contribution < -0.4 is 0 Å². The molecule has 3 aromatic rings.